The third kappa shape index (κ3) is 5.84. The fourth-order valence-corrected chi connectivity index (χ4v) is 2.36. The molecule has 0 fully saturated rings. The van der Waals surface area contributed by atoms with Gasteiger partial charge in [0.25, 0.3) is 0 Å². The predicted molar refractivity (Wildman–Crippen MR) is 71.9 cm³/mol. The molecule has 1 rings (SSSR count). The van der Waals surface area contributed by atoms with Crippen LogP contribution in [0.2, 0.25) is 0 Å². The van der Waals surface area contributed by atoms with Crippen LogP contribution in [-0.2, 0) is 16.3 Å². The van der Waals surface area contributed by atoms with Crippen molar-refractivity contribution >= 4 is 9.84 Å². The topological polar surface area (TPSA) is 46.2 Å². The third-order valence-electron chi connectivity index (χ3n) is 2.73. The fourth-order valence-electron chi connectivity index (χ4n) is 1.64. The second kappa shape index (κ2) is 6.77. The highest BCUT2D eigenvalue weighted by molar-refractivity contribution is 7.91. The van der Waals surface area contributed by atoms with Crippen molar-refractivity contribution in [2.45, 2.75) is 26.3 Å². The van der Waals surface area contributed by atoms with Gasteiger partial charge in [-0.25, -0.2) is 8.42 Å². The minimum Gasteiger partial charge on any atom is -0.313 e. The van der Waals surface area contributed by atoms with Gasteiger partial charge in [0.2, 0.25) is 0 Å². The Morgan fingerprint density at radius 2 is 1.88 bits per heavy atom. The normalized spacial score (nSPS) is 13.5. The smallest absolute Gasteiger partial charge is 0.151 e. The summed E-state index contributed by atoms with van der Waals surface area (Å²) >= 11 is 0. The zero-order valence-corrected chi connectivity index (χ0v) is 11.3. The molecule has 0 bridgehead atoms. The maximum absolute atomic E-state index is 11.3. The molecule has 0 aromatic heterocycles. The lowest BCUT2D eigenvalue weighted by molar-refractivity contribution is 0.554. The number of hydrogen-bond donors (Lipinski definition) is 1. The summed E-state index contributed by atoms with van der Waals surface area (Å²) in [4.78, 5) is 0. The SMILES string of the molecule is CCS(=O)(=O)CCNC(C)Cc1ccccc1. The van der Waals surface area contributed by atoms with E-state index in [1.54, 1.807) is 6.92 Å². The molecule has 0 saturated heterocycles. The van der Waals surface area contributed by atoms with Crippen molar-refractivity contribution in [1.82, 2.24) is 5.32 Å². The van der Waals surface area contributed by atoms with Gasteiger partial charge in [0.05, 0.1) is 5.75 Å². The first-order valence-corrected chi connectivity index (χ1v) is 7.83. The van der Waals surface area contributed by atoms with Crippen molar-refractivity contribution in [2.24, 2.45) is 0 Å². The highest BCUT2D eigenvalue weighted by atomic mass is 32.2. The fraction of sp³-hybridized carbons (Fsp3) is 0.538. The third-order valence-corrected chi connectivity index (χ3v) is 4.44. The minimum atomic E-state index is -2.85. The molecule has 0 aliphatic heterocycles. The van der Waals surface area contributed by atoms with Crippen LogP contribution in [0.3, 0.4) is 0 Å². The molecular formula is C13H21NO2S. The van der Waals surface area contributed by atoms with Crippen LogP contribution in [0.15, 0.2) is 30.3 Å². The number of nitrogens with one attached hydrogen (secondary N) is 1. The van der Waals surface area contributed by atoms with Crippen molar-refractivity contribution in [3.8, 4) is 0 Å². The summed E-state index contributed by atoms with van der Waals surface area (Å²) in [5.74, 6) is 0.449. The number of sulfone groups is 1. The van der Waals surface area contributed by atoms with Gasteiger partial charge in [0.15, 0.2) is 9.84 Å². The van der Waals surface area contributed by atoms with Gasteiger partial charge in [-0.2, -0.15) is 0 Å². The summed E-state index contributed by atoms with van der Waals surface area (Å²) in [6, 6.07) is 10.5. The Bertz CT molecular complexity index is 414. The molecule has 3 nitrogen and oxygen atoms in total. The summed E-state index contributed by atoms with van der Waals surface area (Å²) in [7, 11) is -2.85. The highest BCUT2D eigenvalue weighted by Crippen LogP contribution is 2.02. The quantitative estimate of drug-likeness (QED) is 0.805. The molecule has 96 valence electrons. The maximum Gasteiger partial charge on any atom is 0.151 e. The van der Waals surface area contributed by atoms with Gasteiger partial charge in [-0.05, 0) is 18.9 Å². The first-order valence-electron chi connectivity index (χ1n) is 6.01. The van der Waals surface area contributed by atoms with Crippen LogP contribution in [0, 0.1) is 0 Å². The number of rotatable bonds is 7. The van der Waals surface area contributed by atoms with Crippen LogP contribution in [-0.4, -0.2) is 32.5 Å². The molecule has 0 spiro atoms. The van der Waals surface area contributed by atoms with E-state index in [1.165, 1.54) is 5.56 Å². The second-order valence-electron chi connectivity index (χ2n) is 4.28. The van der Waals surface area contributed by atoms with E-state index in [2.05, 4.69) is 24.4 Å². The number of benzene rings is 1. The molecule has 4 heteroatoms. The molecule has 0 saturated carbocycles. The molecule has 1 unspecified atom stereocenters. The Morgan fingerprint density at radius 1 is 1.24 bits per heavy atom. The van der Waals surface area contributed by atoms with Gasteiger partial charge in [-0.15, -0.1) is 0 Å². The summed E-state index contributed by atoms with van der Waals surface area (Å²) in [6.45, 7) is 4.29. The molecule has 0 amide bonds. The van der Waals surface area contributed by atoms with Crippen LogP contribution < -0.4 is 5.32 Å². The van der Waals surface area contributed by atoms with E-state index in [4.69, 9.17) is 0 Å². The Labute approximate surface area is 104 Å². The molecule has 1 aromatic carbocycles. The first-order chi connectivity index (χ1) is 8.03. The summed E-state index contributed by atoms with van der Waals surface area (Å²) in [6.07, 6.45) is 0.924. The average Bonchev–Trinajstić information content (AvgIpc) is 2.30. The molecule has 1 aromatic rings. The predicted octanol–water partition coefficient (Wildman–Crippen LogP) is 1.64. The molecule has 0 heterocycles. The van der Waals surface area contributed by atoms with E-state index in [9.17, 15) is 8.42 Å². The standard InChI is InChI=1S/C13H21NO2S/c1-3-17(15,16)10-9-14-12(2)11-13-7-5-4-6-8-13/h4-8,12,14H,3,9-11H2,1-2H3. The Morgan fingerprint density at radius 3 is 2.47 bits per heavy atom. The van der Waals surface area contributed by atoms with E-state index in [0.717, 1.165) is 6.42 Å². The number of hydrogen-bond acceptors (Lipinski definition) is 3. The Balaban J connectivity index is 2.29. The van der Waals surface area contributed by atoms with E-state index in [-0.39, 0.29) is 11.5 Å². The average molecular weight is 255 g/mol. The van der Waals surface area contributed by atoms with E-state index < -0.39 is 9.84 Å². The Kier molecular flexibility index (Phi) is 5.65. The monoisotopic (exact) mass is 255 g/mol. The molecule has 0 radical (unpaired) electrons. The first kappa shape index (κ1) is 14.2. The van der Waals surface area contributed by atoms with Gasteiger partial charge in [-0.1, -0.05) is 37.3 Å². The molecule has 1 atom stereocenters. The zero-order chi connectivity index (χ0) is 12.7. The van der Waals surface area contributed by atoms with Gasteiger partial charge < -0.3 is 5.32 Å². The Hall–Kier alpha value is -0.870. The molecular weight excluding hydrogens is 234 g/mol. The van der Waals surface area contributed by atoms with Crippen LogP contribution in [0.5, 0.6) is 0 Å². The molecule has 17 heavy (non-hydrogen) atoms. The van der Waals surface area contributed by atoms with Gasteiger partial charge in [0.1, 0.15) is 0 Å². The molecule has 0 aliphatic carbocycles. The second-order valence-corrected chi connectivity index (χ2v) is 6.75. The zero-order valence-electron chi connectivity index (χ0n) is 10.5. The van der Waals surface area contributed by atoms with Gasteiger partial charge >= 0.3 is 0 Å². The van der Waals surface area contributed by atoms with E-state index in [0.29, 0.717) is 12.6 Å². The van der Waals surface area contributed by atoms with Crippen molar-refractivity contribution in [3.63, 3.8) is 0 Å². The summed E-state index contributed by atoms with van der Waals surface area (Å²) < 4.78 is 22.6. The van der Waals surface area contributed by atoms with Gasteiger partial charge in [0, 0.05) is 18.3 Å². The molecule has 1 N–H and O–H groups in total. The van der Waals surface area contributed by atoms with Gasteiger partial charge in [-0.3, -0.25) is 0 Å². The van der Waals surface area contributed by atoms with E-state index in [1.807, 2.05) is 18.2 Å². The van der Waals surface area contributed by atoms with E-state index >= 15 is 0 Å². The lowest BCUT2D eigenvalue weighted by atomic mass is 10.1. The summed E-state index contributed by atoms with van der Waals surface area (Å²) in [5.41, 5.74) is 1.27. The van der Waals surface area contributed by atoms with Crippen LogP contribution in [0.4, 0.5) is 0 Å². The minimum absolute atomic E-state index is 0.224. The van der Waals surface area contributed by atoms with Crippen LogP contribution in [0.1, 0.15) is 19.4 Å². The maximum atomic E-state index is 11.3. The van der Waals surface area contributed by atoms with Crippen LogP contribution in [0.25, 0.3) is 0 Å². The lowest BCUT2D eigenvalue weighted by Gasteiger charge is -2.13. The summed E-state index contributed by atoms with van der Waals surface area (Å²) in [5, 5.41) is 3.24. The largest absolute Gasteiger partial charge is 0.313 e. The van der Waals surface area contributed by atoms with Crippen molar-refractivity contribution in [1.29, 1.82) is 0 Å². The van der Waals surface area contributed by atoms with Crippen molar-refractivity contribution in [3.05, 3.63) is 35.9 Å². The van der Waals surface area contributed by atoms with Crippen molar-refractivity contribution < 1.29 is 8.42 Å². The highest BCUT2D eigenvalue weighted by Gasteiger charge is 2.08. The lowest BCUT2D eigenvalue weighted by Crippen LogP contribution is -2.32. The van der Waals surface area contributed by atoms with Crippen molar-refractivity contribution in [2.75, 3.05) is 18.1 Å². The van der Waals surface area contributed by atoms with Crippen LogP contribution >= 0.6 is 0 Å². The molecule has 0 aliphatic rings.